The topological polar surface area (TPSA) is 55.0 Å². The maximum atomic E-state index is 5.65. The van der Waals surface area contributed by atoms with Crippen molar-refractivity contribution in [3.05, 3.63) is 11.8 Å². The molecule has 1 unspecified atom stereocenters. The molecule has 1 heterocycles. The summed E-state index contributed by atoms with van der Waals surface area (Å²) in [6.07, 6.45) is 1.14. The highest BCUT2D eigenvalue weighted by atomic mass is 15.2. The van der Waals surface area contributed by atoms with Gasteiger partial charge in [-0.05, 0) is 26.2 Å². The van der Waals surface area contributed by atoms with Gasteiger partial charge in [0.2, 0.25) is 5.95 Å². The van der Waals surface area contributed by atoms with Gasteiger partial charge in [-0.25, -0.2) is 4.98 Å². The van der Waals surface area contributed by atoms with Crippen LogP contribution >= 0.6 is 0 Å². The summed E-state index contributed by atoms with van der Waals surface area (Å²) in [5.41, 5.74) is 6.56. The molecular weight excluding hydrogens is 200 g/mol. The molecule has 0 aliphatic rings. The molecule has 2 N–H and O–H groups in total. The predicted octanol–water partition coefficient (Wildman–Crippen LogP) is 2.24. The average Bonchev–Trinajstić information content (AvgIpc) is 2.13. The molecule has 1 aromatic heterocycles. The van der Waals surface area contributed by atoms with Gasteiger partial charge < -0.3 is 10.6 Å². The molecule has 1 rings (SSSR count). The normalized spacial score (nSPS) is 12.9. The summed E-state index contributed by atoms with van der Waals surface area (Å²) in [6.45, 7) is 8.59. The van der Waals surface area contributed by atoms with Crippen LogP contribution in [0.4, 0.5) is 11.8 Å². The van der Waals surface area contributed by atoms with Crippen molar-refractivity contribution >= 4 is 11.8 Å². The molecule has 1 aromatic rings. The standard InChI is InChI=1S/C12H22N4/c1-8(2)6-10(4)16(5)11-7-9(3)14-12(13)15-11/h7-8,10H,6H2,1-5H3,(H2,13,14,15). The lowest BCUT2D eigenvalue weighted by molar-refractivity contribution is 0.502. The molecule has 0 radical (unpaired) electrons. The van der Waals surface area contributed by atoms with E-state index in [1.54, 1.807) is 0 Å². The molecule has 0 amide bonds. The van der Waals surface area contributed by atoms with Crippen LogP contribution in [0.1, 0.15) is 32.9 Å². The van der Waals surface area contributed by atoms with Crippen LogP contribution in [0, 0.1) is 12.8 Å². The van der Waals surface area contributed by atoms with Gasteiger partial charge in [0, 0.05) is 24.8 Å². The van der Waals surface area contributed by atoms with Crippen LogP contribution in [0.25, 0.3) is 0 Å². The van der Waals surface area contributed by atoms with Crippen LogP contribution < -0.4 is 10.6 Å². The van der Waals surface area contributed by atoms with Gasteiger partial charge in [-0.3, -0.25) is 0 Å². The largest absolute Gasteiger partial charge is 0.368 e. The van der Waals surface area contributed by atoms with E-state index in [0.717, 1.165) is 17.9 Å². The van der Waals surface area contributed by atoms with Crippen molar-refractivity contribution in [2.45, 2.75) is 40.2 Å². The Labute approximate surface area is 97.9 Å². The average molecular weight is 222 g/mol. The number of nitrogens with two attached hydrogens (primary N) is 1. The Morgan fingerprint density at radius 3 is 2.44 bits per heavy atom. The van der Waals surface area contributed by atoms with E-state index < -0.39 is 0 Å². The van der Waals surface area contributed by atoms with Gasteiger partial charge >= 0.3 is 0 Å². The van der Waals surface area contributed by atoms with E-state index in [1.165, 1.54) is 0 Å². The molecule has 0 saturated heterocycles. The quantitative estimate of drug-likeness (QED) is 0.849. The van der Waals surface area contributed by atoms with Crippen LogP contribution in [0.3, 0.4) is 0 Å². The summed E-state index contributed by atoms with van der Waals surface area (Å²) >= 11 is 0. The molecule has 0 fully saturated rings. The Morgan fingerprint density at radius 2 is 1.94 bits per heavy atom. The third-order valence-electron chi connectivity index (χ3n) is 2.69. The van der Waals surface area contributed by atoms with E-state index in [9.17, 15) is 0 Å². The van der Waals surface area contributed by atoms with Crippen LogP contribution in [-0.2, 0) is 0 Å². The molecule has 4 nitrogen and oxygen atoms in total. The summed E-state index contributed by atoms with van der Waals surface area (Å²) in [6, 6.07) is 2.42. The summed E-state index contributed by atoms with van der Waals surface area (Å²) in [5.74, 6) is 1.93. The zero-order chi connectivity index (χ0) is 12.3. The Hall–Kier alpha value is -1.32. The van der Waals surface area contributed by atoms with Crippen LogP contribution in [0.15, 0.2) is 6.07 Å². The minimum absolute atomic E-state index is 0.346. The fraction of sp³-hybridized carbons (Fsp3) is 0.667. The summed E-state index contributed by atoms with van der Waals surface area (Å²) in [4.78, 5) is 10.5. The second-order valence-corrected chi connectivity index (χ2v) is 4.82. The maximum Gasteiger partial charge on any atom is 0.222 e. The van der Waals surface area contributed by atoms with Crippen molar-refractivity contribution in [1.82, 2.24) is 9.97 Å². The van der Waals surface area contributed by atoms with Crippen molar-refractivity contribution in [3.8, 4) is 0 Å². The first-order valence-electron chi connectivity index (χ1n) is 5.74. The van der Waals surface area contributed by atoms with Gasteiger partial charge in [-0.2, -0.15) is 4.98 Å². The first-order chi connectivity index (χ1) is 7.40. The number of rotatable bonds is 4. The molecule has 90 valence electrons. The second-order valence-electron chi connectivity index (χ2n) is 4.82. The number of nitrogen functional groups attached to an aromatic ring is 1. The van der Waals surface area contributed by atoms with Gasteiger partial charge in [0.25, 0.3) is 0 Å². The molecule has 0 aliphatic carbocycles. The highest BCUT2D eigenvalue weighted by Crippen LogP contribution is 2.18. The predicted molar refractivity (Wildman–Crippen MR) is 68.5 cm³/mol. The van der Waals surface area contributed by atoms with E-state index in [-0.39, 0.29) is 0 Å². The highest BCUT2D eigenvalue weighted by Gasteiger charge is 2.13. The lowest BCUT2D eigenvalue weighted by Crippen LogP contribution is -2.31. The third-order valence-corrected chi connectivity index (χ3v) is 2.69. The van der Waals surface area contributed by atoms with Crippen LogP contribution in [-0.4, -0.2) is 23.1 Å². The van der Waals surface area contributed by atoms with Crippen molar-refractivity contribution in [1.29, 1.82) is 0 Å². The number of aromatic nitrogens is 2. The lowest BCUT2D eigenvalue weighted by atomic mass is 10.0. The molecule has 4 heteroatoms. The van der Waals surface area contributed by atoms with E-state index in [4.69, 9.17) is 5.73 Å². The SMILES string of the molecule is Cc1cc(N(C)C(C)CC(C)C)nc(N)n1. The van der Waals surface area contributed by atoms with Crippen molar-refractivity contribution in [2.75, 3.05) is 17.7 Å². The molecule has 0 aliphatic heterocycles. The Balaban J connectivity index is 2.82. The maximum absolute atomic E-state index is 5.65. The highest BCUT2D eigenvalue weighted by molar-refractivity contribution is 5.43. The molecule has 1 atom stereocenters. The van der Waals surface area contributed by atoms with Crippen LogP contribution in [0.2, 0.25) is 0 Å². The molecule has 16 heavy (non-hydrogen) atoms. The zero-order valence-corrected chi connectivity index (χ0v) is 10.9. The summed E-state index contributed by atoms with van der Waals surface area (Å²) < 4.78 is 0. The number of aryl methyl sites for hydroxylation is 1. The molecule has 0 saturated carbocycles. The van der Waals surface area contributed by atoms with Crippen molar-refractivity contribution < 1.29 is 0 Å². The zero-order valence-electron chi connectivity index (χ0n) is 10.9. The number of hydrogen-bond donors (Lipinski definition) is 1. The first-order valence-corrected chi connectivity index (χ1v) is 5.74. The van der Waals surface area contributed by atoms with Crippen molar-refractivity contribution in [3.63, 3.8) is 0 Å². The molecular formula is C12H22N4. The van der Waals surface area contributed by atoms with Gasteiger partial charge in [0.1, 0.15) is 5.82 Å². The smallest absolute Gasteiger partial charge is 0.222 e. The Bertz CT molecular complexity index is 329. The third kappa shape index (κ3) is 3.36. The van der Waals surface area contributed by atoms with E-state index in [0.29, 0.717) is 17.9 Å². The molecule has 0 bridgehead atoms. The minimum Gasteiger partial charge on any atom is -0.368 e. The monoisotopic (exact) mass is 222 g/mol. The Morgan fingerprint density at radius 1 is 1.31 bits per heavy atom. The number of nitrogens with zero attached hydrogens (tertiary/aromatic N) is 3. The molecule has 0 aromatic carbocycles. The second kappa shape index (κ2) is 5.14. The van der Waals surface area contributed by atoms with Gasteiger partial charge in [0.15, 0.2) is 0 Å². The Kier molecular flexibility index (Phi) is 4.10. The van der Waals surface area contributed by atoms with Gasteiger partial charge in [-0.15, -0.1) is 0 Å². The van der Waals surface area contributed by atoms with Crippen LogP contribution in [0.5, 0.6) is 0 Å². The first kappa shape index (κ1) is 12.7. The summed E-state index contributed by atoms with van der Waals surface area (Å²) in [7, 11) is 2.05. The van der Waals surface area contributed by atoms with Gasteiger partial charge in [0.05, 0.1) is 0 Å². The fourth-order valence-electron chi connectivity index (χ4n) is 1.82. The van der Waals surface area contributed by atoms with Crippen molar-refractivity contribution in [2.24, 2.45) is 5.92 Å². The number of hydrogen-bond acceptors (Lipinski definition) is 4. The molecule has 0 spiro atoms. The minimum atomic E-state index is 0.346. The summed E-state index contributed by atoms with van der Waals surface area (Å²) in [5, 5.41) is 0. The fourth-order valence-corrected chi connectivity index (χ4v) is 1.82. The van der Waals surface area contributed by atoms with E-state index in [1.807, 2.05) is 20.0 Å². The lowest BCUT2D eigenvalue weighted by Gasteiger charge is -2.27. The van der Waals surface area contributed by atoms with E-state index >= 15 is 0 Å². The van der Waals surface area contributed by atoms with E-state index in [2.05, 4.69) is 35.6 Å². The number of anilines is 2. The van der Waals surface area contributed by atoms with Gasteiger partial charge in [-0.1, -0.05) is 13.8 Å².